The van der Waals surface area contributed by atoms with Crippen molar-refractivity contribution in [2.75, 3.05) is 0 Å². The van der Waals surface area contributed by atoms with Gasteiger partial charge in [0, 0.05) is 58.9 Å². The van der Waals surface area contributed by atoms with E-state index in [1.54, 1.807) is 0 Å². The maximum Gasteiger partial charge on any atom is 0.269 e. The van der Waals surface area contributed by atoms with E-state index in [2.05, 4.69) is 167 Å². The summed E-state index contributed by atoms with van der Waals surface area (Å²) in [5.74, 6) is 3.48. The number of hydrogen-bond donors (Lipinski definition) is 0. The lowest BCUT2D eigenvalue weighted by Gasteiger charge is -2.20. The first-order chi connectivity index (χ1) is 31.1. The number of rotatable bonds is 7. The number of aromatic nitrogens is 8. The molecule has 0 spiro atoms. The molecular weight excluding hydrogens is 801 g/mol. The molecule has 9 heteroatoms. The van der Waals surface area contributed by atoms with Crippen molar-refractivity contribution in [2.24, 2.45) is 0 Å². The van der Waals surface area contributed by atoms with Crippen LogP contribution in [0.15, 0.2) is 152 Å². The normalized spacial score (nSPS) is 12.4. The number of benzene rings is 5. The molecule has 65 heavy (non-hydrogen) atoms. The Hall–Kier alpha value is -7.52. The van der Waals surface area contributed by atoms with E-state index in [4.69, 9.17) is 29.7 Å². The predicted octanol–water partition coefficient (Wildman–Crippen LogP) is 12.8. The number of hydrogen-bond acceptors (Lipinski definition) is 6. The zero-order valence-electron chi connectivity index (χ0n) is 38.4. The van der Waals surface area contributed by atoms with Crippen LogP contribution >= 0.6 is 0 Å². The van der Waals surface area contributed by atoms with E-state index >= 15 is 0 Å². The van der Waals surface area contributed by atoms with Gasteiger partial charge >= 0.3 is 0 Å². The highest BCUT2D eigenvalue weighted by atomic mass is 16.5. The Labute approximate surface area is 380 Å². The van der Waals surface area contributed by atoms with E-state index in [9.17, 15) is 0 Å². The number of fused-ring (bicyclic) bond motifs is 4. The number of nitrogens with zero attached hydrogens (tertiary/aromatic N) is 8. The Kier molecular flexibility index (Phi) is 9.97. The summed E-state index contributed by atoms with van der Waals surface area (Å²) in [7, 11) is 0. The van der Waals surface area contributed by atoms with Gasteiger partial charge in [-0.05, 0) is 81.5 Å². The summed E-state index contributed by atoms with van der Waals surface area (Å²) in [6.45, 7) is 19.7. The van der Waals surface area contributed by atoms with Crippen molar-refractivity contribution >= 4 is 32.8 Å². The molecule has 5 aromatic carbocycles. The van der Waals surface area contributed by atoms with Crippen molar-refractivity contribution in [3.8, 4) is 51.5 Å². The Morgan fingerprint density at radius 1 is 0.492 bits per heavy atom. The van der Waals surface area contributed by atoms with Crippen molar-refractivity contribution in [1.82, 2.24) is 34.1 Å². The fraction of sp³-hybridized carbons (Fsp3) is 0.214. The molecule has 0 aliphatic heterocycles. The first-order valence-corrected chi connectivity index (χ1v) is 22.1. The smallest absolute Gasteiger partial charge is 0.269 e. The van der Waals surface area contributed by atoms with Gasteiger partial charge in [-0.2, -0.15) is 0 Å². The van der Waals surface area contributed by atoms with E-state index < -0.39 is 0 Å². The maximum absolute atomic E-state index is 6.74. The molecule has 0 atom stereocenters. The molecule has 0 radical (unpaired) electrons. The van der Waals surface area contributed by atoms with E-state index in [1.807, 2.05) is 67.4 Å². The summed E-state index contributed by atoms with van der Waals surface area (Å²) in [6.07, 6.45) is 13.4. The highest BCUT2D eigenvalue weighted by molar-refractivity contribution is 6.09. The Morgan fingerprint density at radius 2 is 1.06 bits per heavy atom. The third kappa shape index (κ3) is 7.71. The topological polar surface area (TPSA) is 87.4 Å². The second-order valence-corrected chi connectivity index (χ2v) is 19.8. The number of pyridine rings is 1. The average molecular weight is 853 g/mol. The summed E-state index contributed by atoms with van der Waals surface area (Å²) in [5.41, 5.74) is 10.5. The van der Waals surface area contributed by atoms with Crippen LogP contribution in [0.25, 0.3) is 72.8 Å². The third-order valence-electron chi connectivity index (χ3n) is 12.1. The fourth-order valence-corrected chi connectivity index (χ4v) is 8.36. The van der Waals surface area contributed by atoms with E-state index in [0.717, 1.165) is 78.0 Å². The Bertz CT molecular complexity index is 3320. The lowest BCUT2D eigenvalue weighted by Crippen LogP contribution is -2.32. The lowest BCUT2D eigenvalue weighted by atomic mass is 9.88. The SMILES string of the molecule is CC(C)(C)c1cnc(-c2cccc(-c3ncc(C(C)(C)C)cn3)c2-[n+]2[c-]n(-c3cccc(Oc4ccc5c6ccccc6n(-c6cc(C(C)(C)C)ccn6)c5c4)c3)c3ccccc32)nc1. The second-order valence-electron chi connectivity index (χ2n) is 19.8. The molecule has 0 fully saturated rings. The quantitative estimate of drug-likeness (QED) is 0.117. The molecule has 322 valence electrons. The average Bonchev–Trinajstić information content (AvgIpc) is 3.84. The molecule has 0 unspecified atom stereocenters. The van der Waals surface area contributed by atoms with Crippen LogP contribution in [0.5, 0.6) is 11.5 Å². The van der Waals surface area contributed by atoms with E-state index in [-0.39, 0.29) is 16.2 Å². The summed E-state index contributed by atoms with van der Waals surface area (Å²) in [5, 5.41) is 2.29. The summed E-state index contributed by atoms with van der Waals surface area (Å²) in [6, 6.07) is 41.7. The van der Waals surface area contributed by atoms with Crippen LogP contribution in [0.3, 0.4) is 0 Å². The fourth-order valence-electron chi connectivity index (χ4n) is 8.36. The summed E-state index contributed by atoms with van der Waals surface area (Å²) < 4.78 is 13.1. The van der Waals surface area contributed by atoms with Gasteiger partial charge in [0.1, 0.15) is 17.3 Å². The van der Waals surface area contributed by atoms with E-state index in [1.165, 1.54) is 5.56 Å². The molecule has 0 aliphatic carbocycles. The molecule has 5 aromatic heterocycles. The Morgan fingerprint density at radius 3 is 1.71 bits per heavy atom. The van der Waals surface area contributed by atoms with Crippen LogP contribution in [0.2, 0.25) is 0 Å². The van der Waals surface area contributed by atoms with Gasteiger partial charge in [-0.1, -0.05) is 129 Å². The van der Waals surface area contributed by atoms with Crippen molar-refractivity contribution in [3.05, 3.63) is 175 Å². The highest BCUT2D eigenvalue weighted by Crippen LogP contribution is 2.37. The largest absolute Gasteiger partial charge is 0.458 e. The predicted molar refractivity (Wildman–Crippen MR) is 260 cm³/mol. The molecule has 0 bridgehead atoms. The minimum atomic E-state index is -0.0943. The van der Waals surface area contributed by atoms with Gasteiger partial charge in [0.25, 0.3) is 6.33 Å². The second kappa shape index (κ2) is 15.6. The summed E-state index contributed by atoms with van der Waals surface area (Å²) >= 11 is 0. The number of para-hydroxylation sites is 4. The zero-order valence-corrected chi connectivity index (χ0v) is 38.4. The summed E-state index contributed by atoms with van der Waals surface area (Å²) in [4.78, 5) is 24.6. The molecule has 5 heterocycles. The van der Waals surface area contributed by atoms with Gasteiger partial charge in [-0.25, -0.2) is 24.9 Å². The van der Waals surface area contributed by atoms with Crippen LogP contribution in [-0.4, -0.2) is 34.1 Å². The standard InChI is InChI=1S/C56H52N8O/c1-54(2,3)36-26-27-57-50(28-36)64-46-21-11-10-18-42(46)43-25-24-41(30-49(43)64)65-40-17-14-16-39(29-40)62-35-63(48-23-13-12-22-47(48)62)51-44(52-58-31-37(32-59-52)55(4,5)6)19-15-20-45(51)53-60-33-38(34-61-53)56(7,8)9/h10-34H,1-9H3. The molecule has 0 aliphatic rings. The molecular formula is C56H52N8O. The Balaban J connectivity index is 1.09. The van der Waals surface area contributed by atoms with E-state index in [0.29, 0.717) is 17.4 Å². The van der Waals surface area contributed by atoms with Gasteiger partial charge in [0.05, 0.1) is 33.4 Å². The highest BCUT2D eigenvalue weighted by Gasteiger charge is 2.24. The molecule has 0 saturated carbocycles. The van der Waals surface area contributed by atoms with Crippen LogP contribution in [0.1, 0.15) is 79.0 Å². The maximum atomic E-state index is 6.74. The van der Waals surface area contributed by atoms with Crippen LogP contribution < -0.4 is 9.30 Å². The van der Waals surface area contributed by atoms with Crippen molar-refractivity contribution in [2.45, 2.75) is 78.6 Å². The van der Waals surface area contributed by atoms with Gasteiger partial charge in [0.15, 0.2) is 11.6 Å². The lowest BCUT2D eigenvalue weighted by molar-refractivity contribution is -0.571. The molecule has 0 saturated heterocycles. The monoisotopic (exact) mass is 852 g/mol. The zero-order chi connectivity index (χ0) is 45.3. The van der Waals surface area contributed by atoms with Gasteiger partial charge < -0.3 is 4.74 Å². The van der Waals surface area contributed by atoms with Crippen molar-refractivity contribution in [1.29, 1.82) is 0 Å². The number of imidazole rings is 1. The molecule has 0 amide bonds. The molecule has 10 aromatic rings. The van der Waals surface area contributed by atoms with Crippen LogP contribution in [0.4, 0.5) is 0 Å². The number of ether oxygens (including phenoxy) is 1. The van der Waals surface area contributed by atoms with Gasteiger partial charge in [-0.3, -0.25) is 13.7 Å². The molecule has 10 rings (SSSR count). The van der Waals surface area contributed by atoms with Gasteiger partial charge in [0.2, 0.25) is 0 Å². The molecule has 0 N–H and O–H groups in total. The first-order valence-electron chi connectivity index (χ1n) is 22.1. The minimum absolute atomic E-state index is 0.0251. The minimum Gasteiger partial charge on any atom is -0.458 e. The van der Waals surface area contributed by atoms with Crippen molar-refractivity contribution < 1.29 is 9.30 Å². The van der Waals surface area contributed by atoms with Crippen LogP contribution in [0, 0.1) is 6.33 Å². The third-order valence-corrected chi connectivity index (χ3v) is 12.1. The molecule has 9 nitrogen and oxygen atoms in total. The van der Waals surface area contributed by atoms with Crippen molar-refractivity contribution in [3.63, 3.8) is 0 Å². The first kappa shape index (κ1) is 41.5. The van der Waals surface area contributed by atoms with Gasteiger partial charge in [-0.15, -0.1) is 0 Å². The van der Waals surface area contributed by atoms with Crippen LogP contribution in [-0.2, 0) is 16.2 Å².